The standard InChI is InChI=1S/C22H28N2O3/c1-16-5-4-6-18(11-16)14-24(19-8-9-19)15-22(25)23-13-17-7-10-20(26-2)21(12-17)27-3/h4-7,10-12,19H,8-9,13-15H2,1-3H3,(H,23,25). The Morgan fingerprint density at radius 1 is 1.07 bits per heavy atom. The van der Waals surface area contributed by atoms with Crippen molar-refractivity contribution in [1.82, 2.24) is 10.2 Å². The number of benzene rings is 2. The number of nitrogens with one attached hydrogen (secondary N) is 1. The molecule has 0 aliphatic heterocycles. The van der Waals surface area contributed by atoms with Crippen LogP contribution >= 0.6 is 0 Å². The van der Waals surface area contributed by atoms with E-state index in [4.69, 9.17) is 9.47 Å². The van der Waals surface area contributed by atoms with Gasteiger partial charge in [-0.1, -0.05) is 35.9 Å². The number of nitrogens with zero attached hydrogens (tertiary/aromatic N) is 1. The van der Waals surface area contributed by atoms with E-state index in [-0.39, 0.29) is 5.91 Å². The smallest absolute Gasteiger partial charge is 0.234 e. The van der Waals surface area contributed by atoms with Crippen LogP contribution < -0.4 is 14.8 Å². The highest BCUT2D eigenvalue weighted by atomic mass is 16.5. The van der Waals surface area contributed by atoms with Crippen molar-refractivity contribution in [2.24, 2.45) is 0 Å². The molecule has 1 N–H and O–H groups in total. The van der Waals surface area contributed by atoms with Gasteiger partial charge in [-0.3, -0.25) is 9.69 Å². The van der Waals surface area contributed by atoms with Crippen molar-refractivity contribution >= 4 is 5.91 Å². The van der Waals surface area contributed by atoms with Gasteiger partial charge >= 0.3 is 0 Å². The van der Waals surface area contributed by atoms with Crippen LogP contribution in [0.1, 0.15) is 29.5 Å². The molecule has 2 aromatic rings. The van der Waals surface area contributed by atoms with Gasteiger partial charge in [0.15, 0.2) is 11.5 Å². The van der Waals surface area contributed by atoms with E-state index in [0.29, 0.717) is 30.6 Å². The third kappa shape index (κ3) is 5.47. The van der Waals surface area contributed by atoms with Crippen LogP contribution in [0, 0.1) is 6.92 Å². The summed E-state index contributed by atoms with van der Waals surface area (Å²) >= 11 is 0. The molecule has 1 aliphatic carbocycles. The van der Waals surface area contributed by atoms with Crippen molar-refractivity contribution < 1.29 is 14.3 Å². The molecule has 0 heterocycles. The summed E-state index contributed by atoms with van der Waals surface area (Å²) in [7, 11) is 3.22. The van der Waals surface area contributed by atoms with E-state index in [2.05, 4.69) is 41.4 Å². The van der Waals surface area contributed by atoms with E-state index in [1.54, 1.807) is 14.2 Å². The Bertz CT molecular complexity index is 787. The molecule has 27 heavy (non-hydrogen) atoms. The van der Waals surface area contributed by atoms with Crippen LogP contribution in [0.5, 0.6) is 11.5 Å². The summed E-state index contributed by atoms with van der Waals surface area (Å²) in [6.07, 6.45) is 2.35. The van der Waals surface area contributed by atoms with Gasteiger partial charge in [-0.25, -0.2) is 0 Å². The molecule has 1 aliphatic rings. The number of aryl methyl sites for hydroxylation is 1. The van der Waals surface area contributed by atoms with Crippen LogP contribution in [0.4, 0.5) is 0 Å². The molecule has 0 bridgehead atoms. The van der Waals surface area contributed by atoms with Crippen LogP contribution in [0.15, 0.2) is 42.5 Å². The van der Waals surface area contributed by atoms with E-state index >= 15 is 0 Å². The molecule has 0 unspecified atom stereocenters. The molecular formula is C22H28N2O3. The van der Waals surface area contributed by atoms with E-state index < -0.39 is 0 Å². The van der Waals surface area contributed by atoms with Gasteiger partial charge in [0.1, 0.15) is 0 Å². The van der Waals surface area contributed by atoms with Crippen LogP contribution in [0.2, 0.25) is 0 Å². The van der Waals surface area contributed by atoms with E-state index in [1.165, 1.54) is 24.0 Å². The lowest BCUT2D eigenvalue weighted by Crippen LogP contribution is -2.37. The Morgan fingerprint density at radius 3 is 2.52 bits per heavy atom. The minimum Gasteiger partial charge on any atom is -0.493 e. The first kappa shape index (κ1) is 19.2. The first-order chi connectivity index (χ1) is 13.1. The van der Waals surface area contributed by atoms with Gasteiger partial charge in [-0.05, 0) is 43.0 Å². The van der Waals surface area contributed by atoms with E-state index in [9.17, 15) is 4.79 Å². The quantitative estimate of drug-likeness (QED) is 0.738. The molecule has 0 radical (unpaired) electrons. The Morgan fingerprint density at radius 2 is 1.85 bits per heavy atom. The third-order valence-electron chi connectivity index (χ3n) is 4.82. The molecule has 1 saturated carbocycles. The fraction of sp³-hybridized carbons (Fsp3) is 0.409. The number of methoxy groups -OCH3 is 2. The molecule has 5 nitrogen and oxygen atoms in total. The van der Waals surface area contributed by atoms with Crippen molar-refractivity contribution in [3.05, 3.63) is 59.2 Å². The highest BCUT2D eigenvalue weighted by molar-refractivity contribution is 5.78. The highest BCUT2D eigenvalue weighted by Crippen LogP contribution is 2.29. The van der Waals surface area contributed by atoms with Crippen LogP contribution in [0.3, 0.4) is 0 Å². The van der Waals surface area contributed by atoms with Crippen molar-refractivity contribution in [1.29, 1.82) is 0 Å². The second kappa shape index (κ2) is 8.91. The molecule has 2 aromatic carbocycles. The molecule has 0 spiro atoms. The SMILES string of the molecule is COc1ccc(CNC(=O)CN(Cc2cccc(C)c2)C2CC2)cc1OC. The van der Waals surface area contributed by atoms with Crippen molar-refractivity contribution in [2.45, 2.75) is 38.9 Å². The van der Waals surface area contributed by atoms with Gasteiger partial charge in [0.05, 0.1) is 20.8 Å². The minimum atomic E-state index is 0.0457. The van der Waals surface area contributed by atoms with Gasteiger partial charge in [0, 0.05) is 19.1 Å². The normalized spacial score (nSPS) is 13.5. The predicted molar refractivity (Wildman–Crippen MR) is 106 cm³/mol. The zero-order valence-electron chi connectivity index (χ0n) is 16.3. The number of ether oxygens (including phenoxy) is 2. The van der Waals surface area contributed by atoms with Gasteiger partial charge in [0.25, 0.3) is 0 Å². The number of hydrogen-bond acceptors (Lipinski definition) is 4. The molecule has 0 atom stereocenters. The van der Waals surface area contributed by atoms with Crippen LogP contribution in [-0.4, -0.2) is 37.6 Å². The summed E-state index contributed by atoms with van der Waals surface area (Å²) in [6, 6.07) is 14.7. The second-order valence-electron chi connectivity index (χ2n) is 7.09. The molecule has 5 heteroatoms. The van der Waals surface area contributed by atoms with Crippen LogP contribution in [-0.2, 0) is 17.9 Å². The molecule has 144 valence electrons. The number of carbonyl (C=O) groups excluding carboxylic acids is 1. The van der Waals surface area contributed by atoms with Gasteiger partial charge in [-0.15, -0.1) is 0 Å². The molecule has 3 rings (SSSR count). The maximum atomic E-state index is 12.5. The van der Waals surface area contributed by atoms with Crippen LogP contribution in [0.25, 0.3) is 0 Å². The summed E-state index contributed by atoms with van der Waals surface area (Å²) in [4.78, 5) is 14.8. The Labute approximate surface area is 161 Å². The summed E-state index contributed by atoms with van der Waals surface area (Å²) < 4.78 is 10.6. The molecule has 1 fully saturated rings. The van der Waals surface area contributed by atoms with Crippen molar-refractivity contribution in [3.8, 4) is 11.5 Å². The first-order valence-corrected chi connectivity index (χ1v) is 9.36. The average Bonchev–Trinajstić information content (AvgIpc) is 3.51. The summed E-state index contributed by atoms with van der Waals surface area (Å²) in [5.41, 5.74) is 3.49. The Kier molecular flexibility index (Phi) is 6.35. The summed E-state index contributed by atoms with van der Waals surface area (Å²) in [6.45, 7) is 3.81. The van der Waals surface area contributed by atoms with E-state index in [1.807, 2.05) is 18.2 Å². The third-order valence-corrected chi connectivity index (χ3v) is 4.82. The zero-order valence-corrected chi connectivity index (χ0v) is 16.3. The monoisotopic (exact) mass is 368 g/mol. The predicted octanol–water partition coefficient (Wildman–Crippen LogP) is 3.29. The lowest BCUT2D eigenvalue weighted by Gasteiger charge is -2.22. The molecule has 0 saturated heterocycles. The summed E-state index contributed by atoms with van der Waals surface area (Å²) in [5.74, 6) is 1.40. The van der Waals surface area contributed by atoms with Gasteiger partial charge < -0.3 is 14.8 Å². The number of rotatable bonds is 9. The lowest BCUT2D eigenvalue weighted by atomic mass is 10.1. The maximum absolute atomic E-state index is 12.5. The fourth-order valence-corrected chi connectivity index (χ4v) is 3.23. The Hall–Kier alpha value is -2.53. The largest absolute Gasteiger partial charge is 0.493 e. The topological polar surface area (TPSA) is 50.8 Å². The van der Waals surface area contributed by atoms with Crippen molar-refractivity contribution in [3.63, 3.8) is 0 Å². The number of carbonyl (C=O) groups is 1. The minimum absolute atomic E-state index is 0.0457. The molecule has 1 amide bonds. The molecular weight excluding hydrogens is 340 g/mol. The average molecular weight is 368 g/mol. The second-order valence-corrected chi connectivity index (χ2v) is 7.09. The highest BCUT2D eigenvalue weighted by Gasteiger charge is 2.30. The number of amides is 1. The maximum Gasteiger partial charge on any atom is 0.234 e. The molecule has 0 aromatic heterocycles. The fourth-order valence-electron chi connectivity index (χ4n) is 3.23. The van der Waals surface area contributed by atoms with E-state index in [0.717, 1.165) is 12.1 Å². The summed E-state index contributed by atoms with van der Waals surface area (Å²) in [5, 5.41) is 3.02. The Balaban J connectivity index is 1.55. The lowest BCUT2D eigenvalue weighted by molar-refractivity contribution is -0.122. The first-order valence-electron chi connectivity index (χ1n) is 9.36. The van der Waals surface area contributed by atoms with Gasteiger partial charge in [-0.2, -0.15) is 0 Å². The number of hydrogen-bond donors (Lipinski definition) is 1. The van der Waals surface area contributed by atoms with Gasteiger partial charge in [0.2, 0.25) is 5.91 Å². The zero-order chi connectivity index (χ0) is 19.2. The van der Waals surface area contributed by atoms with Crippen molar-refractivity contribution in [2.75, 3.05) is 20.8 Å².